The molecule has 1 amide bonds. The van der Waals surface area contributed by atoms with Crippen LogP contribution in [0.25, 0.3) is 26.5 Å². The maximum atomic E-state index is 15.4. The Morgan fingerprint density at radius 2 is 1.84 bits per heavy atom. The number of likely N-dealkylation sites (tertiary alicyclic amines) is 1. The van der Waals surface area contributed by atoms with Gasteiger partial charge in [0.05, 0.1) is 27.4 Å². The van der Waals surface area contributed by atoms with E-state index in [1.54, 1.807) is 25.4 Å². The molecule has 1 aliphatic heterocycles. The zero-order chi connectivity index (χ0) is 34.8. The van der Waals surface area contributed by atoms with Gasteiger partial charge in [-0.05, 0) is 73.5 Å². The Balaban J connectivity index is 1.08. The van der Waals surface area contributed by atoms with Crippen LogP contribution >= 0.6 is 11.3 Å². The third kappa shape index (κ3) is 6.96. The maximum Gasteiger partial charge on any atom is 0.271 e. The number of hydrogen-bond donors (Lipinski definition) is 1. The number of pyridine rings is 3. The molecule has 9 nitrogen and oxygen atoms in total. The highest BCUT2D eigenvalue weighted by Gasteiger charge is 2.23. The molecular formula is C37H30F3N5O4S. The Morgan fingerprint density at radius 3 is 2.56 bits per heavy atom. The van der Waals surface area contributed by atoms with Crippen LogP contribution < -0.4 is 20.3 Å². The molecule has 5 heterocycles. The fraction of sp³-hybridized carbons (Fsp3) is 0.189. The molecule has 13 heteroatoms. The number of hydrogen-bond acceptors (Lipinski definition) is 8. The molecular weight excluding hydrogens is 667 g/mol. The molecule has 6 aromatic rings. The molecule has 0 aliphatic carbocycles. The molecule has 1 unspecified atom stereocenters. The molecule has 1 aliphatic rings. The average molecular weight is 698 g/mol. The molecule has 7 rings (SSSR count). The lowest BCUT2D eigenvalue weighted by atomic mass is 10.2. The number of aromatic nitrogens is 3. The molecule has 1 N–H and O–H groups in total. The molecule has 1 atom stereocenters. The van der Waals surface area contributed by atoms with E-state index in [4.69, 9.17) is 9.47 Å². The minimum atomic E-state index is -0.809. The van der Waals surface area contributed by atoms with Gasteiger partial charge in [0, 0.05) is 61.7 Å². The van der Waals surface area contributed by atoms with Crippen molar-refractivity contribution >= 4 is 33.1 Å². The summed E-state index contributed by atoms with van der Waals surface area (Å²) in [4.78, 5) is 38.8. The van der Waals surface area contributed by atoms with Gasteiger partial charge in [-0.2, -0.15) is 0 Å². The molecule has 1 saturated heterocycles. The third-order valence-corrected chi connectivity index (χ3v) is 9.33. The second-order valence-corrected chi connectivity index (χ2v) is 12.7. The first-order chi connectivity index (χ1) is 24.2. The average Bonchev–Trinajstić information content (AvgIpc) is 3.73. The Hall–Kier alpha value is -5.53. The first-order valence-corrected chi connectivity index (χ1v) is 16.7. The number of alkyl halides is 1. The normalized spacial score (nSPS) is 14.6. The van der Waals surface area contributed by atoms with Crippen molar-refractivity contribution < 1.29 is 27.4 Å². The van der Waals surface area contributed by atoms with Crippen molar-refractivity contribution in [1.82, 2.24) is 19.4 Å². The van der Waals surface area contributed by atoms with Crippen LogP contribution in [0.3, 0.4) is 0 Å². The maximum absolute atomic E-state index is 15.4. The Bertz CT molecular complexity index is 2240. The summed E-state index contributed by atoms with van der Waals surface area (Å²) in [6.45, 7) is 3.72. The van der Waals surface area contributed by atoms with Crippen LogP contribution in [0.15, 0.2) is 96.2 Å². The lowest BCUT2D eigenvalue weighted by molar-refractivity contribution is 0.102. The van der Waals surface area contributed by atoms with Gasteiger partial charge < -0.3 is 14.8 Å². The number of carbonyl (C=O) groups is 1. The summed E-state index contributed by atoms with van der Waals surface area (Å²) < 4.78 is 55.9. The van der Waals surface area contributed by atoms with Crippen molar-refractivity contribution in [2.24, 2.45) is 0 Å². The number of amides is 1. The fourth-order valence-electron chi connectivity index (χ4n) is 5.75. The third-order valence-electron chi connectivity index (χ3n) is 8.17. The largest absolute Gasteiger partial charge is 0.493 e. The molecule has 0 radical (unpaired) electrons. The predicted octanol–water partition coefficient (Wildman–Crippen LogP) is 7.77. The van der Waals surface area contributed by atoms with Crippen LogP contribution in [0.2, 0.25) is 0 Å². The highest BCUT2D eigenvalue weighted by Crippen LogP contribution is 2.39. The van der Waals surface area contributed by atoms with Crippen LogP contribution in [-0.2, 0) is 6.54 Å². The number of nitrogens with zero attached hydrogens (tertiary/aromatic N) is 4. The predicted molar refractivity (Wildman–Crippen MR) is 185 cm³/mol. The lowest BCUT2D eigenvalue weighted by Crippen LogP contribution is -2.29. The SMILES string of the molecule is CCOc1ccn(-c2ccc(F)cc2)c(=O)c1C(=O)Nc1ccc(Oc2ccnc3cc(-c4ccc(CN5CCC(F)C5)cn4)sc23)c(F)c1. The summed E-state index contributed by atoms with van der Waals surface area (Å²) in [5, 5.41) is 2.57. The Kier molecular flexibility index (Phi) is 9.33. The smallest absolute Gasteiger partial charge is 0.271 e. The summed E-state index contributed by atoms with van der Waals surface area (Å²) in [5.41, 5.74) is 1.85. The highest BCUT2D eigenvalue weighted by atomic mass is 32.1. The number of carbonyl (C=O) groups excluding carboxylic acids is 1. The minimum absolute atomic E-state index is 0.0512. The first kappa shape index (κ1) is 33.0. The number of halogens is 3. The molecule has 4 aromatic heterocycles. The van der Waals surface area contributed by atoms with E-state index >= 15 is 4.39 Å². The summed E-state index contributed by atoms with van der Waals surface area (Å²) in [6, 6.07) is 18.1. The number of nitrogens with one attached hydrogen (secondary N) is 1. The van der Waals surface area contributed by atoms with Crippen molar-refractivity contribution in [3.05, 3.63) is 125 Å². The quantitative estimate of drug-likeness (QED) is 0.156. The Labute approximate surface area is 288 Å². The van der Waals surface area contributed by atoms with Crippen LogP contribution in [0.1, 0.15) is 29.3 Å². The van der Waals surface area contributed by atoms with Gasteiger partial charge in [-0.25, -0.2) is 13.2 Å². The number of thiophene rings is 1. The highest BCUT2D eigenvalue weighted by molar-refractivity contribution is 7.22. The van der Waals surface area contributed by atoms with Crippen molar-refractivity contribution in [1.29, 1.82) is 0 Å². The van der Waals surface area contributed by atoms with Gasteiger partial charge in [-0.3, -0.25) is 29.0 Å². The minimum Gasteiger partial charge on any atom is -0.493 e. The van der Waals surface area contributed by atoms with Crippen molar-refractivity contribution in [2.75, 3.05) is 25.0 Å². The molecule has 254 valence electrons. The number of rotatable bonds is 10. The van der Waals surface area contributed by atoms with Gasteiger partial charge in [0.1, 0.15) is 29.1 Å². The van der Waals surface area contributed by atoms with Gasteiger partial charge in [0.15, 0.2) is 11.6 Å². The lowest BCUT2D eigenvalue weighted by Gasteiger charge is -2.14. The van der Waals surface area contributed by atoms with Gasteiger partial charge in [0.2, 0.25) is 0 Å². The summed E-state index contributed by atoms with van der Waals surface area (Å²) in [6.07, 6.45) is 4.58. The zero-order valence-corrected chi connectivity index (χ0v) is 27.6. The summed E-state index contributed by atoms with van der Waals surface area (Å²) in [5.74, 6) is -1.67. The number of fused-ring (bicyclic) bond motifs is 1. The van der Waals surface area contributed by atoms with Crippen molar-refractivity contribution in [2.45, 2.75) is 26.1 Å². The number of anilines is 1. The van der Waals surface area contributed by atoms with E-state index < -0.39 is 29.3 Å². The van der Waals surface area contributed by atoms with Crippen LogP contribution in [0.5, 0.6) is 17.2 Å². The van der Waals surface area contributed by atoms with E-state index in [1.807, 2.05) is 18.2 Å². The van der Waals surface area contributed by atoms with Gasteiger partial charge in [-0.1, -0.05) is 6.07 Å². The first-order valence-electron chi connectivity index (χ1n) is 15.9. The van der Waals surface area contributed by atoms with E-state index in [2.05, 4.69) is 20.2 Å². The second kappa shape index (κ2) is 14.1. The van der Waals surface area contributed by atoms with Gasteiger partial charge in [0.25, 0.3) is 11.5 Å². The molecule has 50 heavy (non-hydrogen) atoms. The van der Waals surface area contributed by atoms with Crippen LogP contribution in [0.4, 0.5) is 18.9 Å². The van der Waals surface area contributed by atoms with Crippen LogP contribution in [-0.4, -0.2) is 51.2 Å². The molecule has 0 bridgehead atoms. The number of benzene rings is 2. The van der Waals surface area contributed by atoms with E-state index in [0.717, 1.165) is 28.7 Å². The van der Waals surface area contributed by atoms with Crippen LogP contribution in [0, 0.1) is 11.6 Å². The van der Waals surface area contributed by atoms with Gasteiger partial charge >= 0.3 is 0 Å². The van der Waals surface area contributed by atoms with E-state index in [1.165, 1.54) is 64.6 Å². The standard InChI is InChI=1S/C37H30F3N5O4S/c1-2-48-31-13-16-45(26-7-4-23(38)5-8-26)37(47)34(31)36(46)43-25-6-10-30(27(40)17-25)49-32-11-14-41-29-18-33(50-35(29)32)28-9-3-22(19-42-28)20-44-15-12-24(39)21-44/h3-11,13-14,16-19,24H,2,12,15,20-21H2,1H3,(H,43,46). The van der Waals surface area contributed by atoms with Gasteiger partial charge in [-0.15, -0.1) is 11.3 Å². The molecule has 0 spiro atoms. The molecule has 2 aromatic carbocycles. The molecule has 0 saturated carbocycles. The topological polar surface area (TPSA) is 98.6 Å². The summed E-state index contributed by atoms with van der Waals surface area (Å²) in [7, 11) is 0. The van der Waals surface area contributed by atoms with E-state index in [9.17, 15) is 18.4 Å². The fourth-order valence-corrected chi connectivity index (χ4v) is 6.80. The second-order valence-electron chi connectivity index (χ2n) is 11.6. The summed E-state index contributed by atoms with van der Waals surface area (Å²) >= 11 is 1.41. The molecule has 1 fully saturated rings. The van der Waals surface area contributed by atoms with E-state index in [0.29, 0.717) is 41.2 Å². The van der Waals surface area contributed by atoms with Crippen molar-refractivity contribution in [3.63, 3.8) is 0 Å². The van der Waals surface area contributed by atoms with E-state index in [-0.39, 0.29) is 29.4 Å². The monoisotopic (exact) mass is 697 g/mol. The zero-order valence-electron chi connectivity index (χ0n) is 26.7. The Morgan fingerprint density at radius 1 is 1.00 bits per heavy atom. The van der Waals surface area contributed by atoms with Crippen molar-refractivity contribution in [3.8, 4) is 33.5 Å². The number of ether oxygens (including phenoxy) is 2.